The molecule has 0 bridgehead atoms. The van der Waals surface area contributed by atoms with E-state index >= 15 is 0 Å². The minimum atomic E-state index is 0.583. The third-order valence-electron chi connectivity index (χ3n) is 4.66. The fourth-order valence-electron chi connectivity index (χ4n) is 3.32. The van der Waals surface area contributed by atoms with E-state index < -0.39 is 0 Å². The van der Waals surface area contributed by atoms with E-state index in [1.807, 2.05) is 11.6 Å². The Labute approximate surface area is 136 Å². The number of rotatable bonds is 4. The molecule has 6 nitrogen and oxygen atoms in total. The number of hydrogen-bond donors (Lipinski definition) is 1. The van der Waals surface area contributed by atoms with Crippen LogP contribution in [0, 0.1) is 0 Å². The summed E-state index contributed by atoms with van der Waals surface area (Å²) in [5, 5.41) is 3.14. The number of thiazole rings is 1. The van der Waals surface area contributed by atoms with Crippen molar-refractivity contribution in [2.75, 3.05) is 50.7 Å². The van der Waals surface area contributed by atoms with Crippen molar-refractivity contribution in [1.82, 2.24) is 14.8 Å². The highest BCUT2D eigenvalue weighted by molar-refractivity contribution is 7.13. The normalized spacial score (nSPS) is 24.2. The van der Waals surface area contributed by atoms with Crippen LogP contribution in [0.25, 0.3) is 0 Å². The zero-order chi connectivity index (χ0) is 15.4. The molecule has 2 N–H and O–H groups in total. The monoisotopic (exact) mass is 322 g/mol. The Bertz CT molecular complexity index is 480. The maximum atomic E-state index is 6.20. The molecule has 2 aliphatic heterocycles. The first-order chi connectivity index (χ1) is 10.8. The Balaban J connectivity index is 1.49. The second kappa shape index (κ2) is 7.28. The van der Waals surface area contributed by atoms with Gasteiger partial charge in [-0.25, -0.2) is 4.98 Å². The number of likely N-dealkylation sites (tertiary alicyclic amines) is 1. The summed E-state index contributed by atoms with van der Waals surface area (Å²) in [4.78, 5) is 16.1. The number of likely N-dealkylation sites (N-methyl/N-ethyl adjacent to an activating group) is 1. The van der Waals surface area contributed by atoms with Crippen molar-refractivity contribution in [2.24, 2.45) is 10.7 Å². The molecule has 1 unspecified atom stereocenters. The zero-order valence-corrected chi connectivity index (χ0v) is 14.1. The van der Waals surface area contributed by atoms with Gasteiger partial charge in [-0.3, -0.25) is 9.89 Å². The first-order valence-corrected chi connectivity index (χ1v) is 9.09. The van der Waals surface area contributed by atoms with E-state index in [1.165, 1.54) is 19.4 Å². The maximum Gasteiger partial charge on any atom is 0.191 e. The van der Waals surface area contributed by atoms with E-state index in [0.717, 1.165) is 44.4 Å². The summed E-state index contributed by atoms with van der Waals surface area (Å²) in [7, 11) is 0. The molecule has 2 aliphatic rings. The molecular weight excluding hydrogens is 296 g/mol. The number of aromatic nitrogens is 1. The van der Waals surface area contributed by atoms with Crippen molar-refractivity contribution in [1.29, 1.82) is 0 Å². The van der Waals surface area contributed by atoms with Crippen LogP contribution in [0.5, 0.6) is 0 Å². The second-order valence-electron chi connectivity index (χ2n) is 5.91. The minimum absolute atomic E-state index is 0.583. The van der Waals surface area contributed by atoms with E-state index in [1.54, 1.807) is 11.3 Å². The number of anilines is 1. The molecule has 3 heterocycles. The maximum absolute atomic E-state index is 6.20. The van der Waals surface area contributed by atoms with Gasteiger partial charge in [-0.05, 0) is 25.9 Å². The summed E-state index contributed by atoms with van der Waals surface area (Å²) in [6.07, 6.45) is 4.41. The third kappa shape index (κ3) is 3.52. The van der Waals surface area contributed by atoms with Crippen molar-refractivity contribution in [3.63, 3.8) is 0 Å². The standard InChI is InChI=1S/C15H26N6S/c1-2-19-6-3-4-13(19)12-18-14(16)20-7-9-21(10-8-20)15-17-5-11-22-15/h5,11,13H,2-4,6-10,12H2,1H3,(H2,16,18). The molecule has 0 radical (unpaired) electrons. The van der Waals surface area contributed by atoms with E-state index in [0.29, 0.717) is 12.0 Å². The number of nitrogens with zero attached hydrogens (tertiary/aromatic N) is 5. The number of guanidine groups is 1. The molecule has 1 atom stereocenters. The van der Waals surface area contributed by atoms with Gasteiger partial charge < -0.3 is 15.5 Å². The smallest absolute Gasteiger partial charge is 0.191 e. The lowest BCUT2D eigenvalue weighted by Crippen LogP contribution is -2.51. The van der Waals surface area contributed by atoms with Crippen LogP contribution in [0.3, 0.4) is 0 Å². The van der Waals surface area contributed by atoms with Crippen LogP contribution >= 0.6 is 11.3 Å². The average Bonchev–Trinajstić information content (AvgIpc) is 3.24. The Kier molecular flexibility index (Phi) is 5.15. The second-order valence-corrected chi connectivity index (χ2v) is 6.79. The van der Waals surface area contributed by atoms with Crippen LogP contribution in [0.2, 0.25) is 0 Å². The van der Waals surface area contributed by atoms with Gasteiger partial charge in [0.15, 0.2) is 11.1 Å². The van der Waals surface area contributed by atoms with Crippen molar-refractivity contribution < 1.29 is 0 Å². The Hall–Kier alpha value is -1.34. The van der Waals surface area contributed by atoms with Crippen molar-refractivity contribution in [3.05, 3.63) is 11.6 Å². The van der Waals surface area contributed by atoms with Crippen LogP contribution in [0.15, 0.2) is 16.6 Å². The van der Waals surface area contributed by atoms with Gasteiger partial charge >= 0.3 is 0 Å². The van der Waals surface area contributed by atoms with Gasteiger partial charge in [0.2, 0.25) is 0 Å². The molecule has 1 aromatic heterocycles. The number of nitrogens with two attached hydrogens (primary N) is 1. The first kappa shape index (κ1) is 15.6. The van der Waals surface area contributed by atoms with Crippen LogP contribution in [0.4, 0.5) is 5.13 Å². The average molecular weight is 322 g/mol. The number of aliphatic imine (C=N–C) groups is 1. The van der Waals surface area contributed by atoms with Crippen LogP contribution in [0.1, 0.15) is 19.8 Å². The third-order valence-corrected chi connectivity index (χ3v) is 5.49. The summed E-state index contributed by atoms with van der Waals surface area (Å²) in [5.74, 6) is 0.710. The van der Waals surface area contributed by atoms with Gasteiger partial charge in [0.1, 0.15) is 0 Å². The molecule has 7 heteroatoms. The minimum Gasteiger partial charge on any atom is -0.370 e. The fourth-order valence-corrected chi connectivity index (χ4v) is 4.01. The van der Waals surface area contributed by atoms with Crippen molar-refractivity contribution >= 4 is 22.4 Å². The van der Waals surface area contributed by atoms with E-state index in [9.17, 15) is 0 Å². The molecule has 2 saturated heterocycles. The highest BCUT2D eigenvalue weighted by Crippen LogP contribution is 2.19. The summed E-state index contributed by atoms with van der Waals surface area (Å²) in [5.41, 5.74) is 6.20. The molecule has 0 aromatic carbocycles. The van der Waals surface area contributed by atoms with E-state index in [2.05, 4.69) is 31.6 Å². The SMILES string of the molecule is CCN1CCCC1CN=C(N)N1CCN(c2nccs2)CC1. The molecule has 22 heavy (non-hydrogen) atoms. The molecule has 2 fully saturated rings. The predicted molar refractivity (Wildman–Crippen MR) is 92.7 cm³/mol. The number of hydrogen-bond acceptors (Lipinski definition) is 5. The van der Waals surface area contributed by atoms with Crippen LogP contribution < -0.4 is 10.6 Å². The summed E-state index contributed by atoms with van der Waals surface area (Å²) < 4.78 is 0. The van der Waals surface area contributed by atoms with Gasteiger partial charge in [0, 0.05) is 43.8 Å². The lowest BCUT2D eigenvalue weighted by molar-refractivity contribution is 0.272. The van der Waals surface area contributed by atoms with Crippen molar-refractivity contribution in [3.8, 4) is 0 Å². The van der Waals surface area contributed by atoms with Gasteiger partial charge in [-0.1, -0.05) is 6.92 Å². The largest absolute Gasteiger partial charge is 0.370 e. The Morgan fingerprint density at radius 1 is 1.36 bits per heavy atom. The van der Waals surface area contributed by atoms with Crippen LogP contribution in [-0.4, -0.2) is 72.6 Å². The fraction of sp³-hybridized carbons (Fsp3) is 0.733. The predicted octanol–water partition coefficient (Wildman–Crippen LogP) is 1.06. The Morgan fingerprint density at radius 2 is 2.18 bits per heavy atom. The molecule has 0 saturated carbocycles. The molecular formula is C15H26N6S. The van der Waals surface area contributed by atoms with Gasteiger partial charge in [-0.15, -0.1) is 11.3 Å². The molecule has 0 spiro atoms. The molecule has 0 amide bonds. The molecule has 1 aromatic rings. The highest BCUT2D eigenvalue weighted by atomic mass is 32.1. The first-order valence-electron chi connectivity index (χ1n) is 8.21. The van der Waals surface area contributed by atoms with Crippen molar-refractivity contribution in [2.45, 2.75) is 25.8 Å². The lowest BCUT2D eigenvalue weighted by Gasteiger charge is -2.35. The van der Waals surface area contributed by atoms with Gasteiger partial charge in [0.05, 0.1) is 6.54 Å². The van der Waals surface area contributed by atoms with E-state index in [4.69, 9.17) is 5.73 Å². The lowest BCUT2D eigenvalue weighted by atomic mass is 10.2. The molecule has 122 valence electrons. The summed E-state index contributed by atoms with van der Waals surface area (Å²) >= 11 is 1.70. The highest BCUT2D eigenvalue weighted by Gasteiger charge is 2.23. The molecule has 3 rings (SSSR count). The van der Waals surface area contributed by atoms with Gasteiger partial charge in [-0.2, -0.15) is 0 Å². The summed E-state index contributed by atoms with van der Waals surface area (Å²) in [6.45, 7) is 9.18. The van der Waals surface area contributed by atoms with Gasteiger partial charge in [0.25, 0.3) is 0 Å². The number of piperazine rings is 1. The van der Waals surface area contributed by atoms with E-state index in [-0.39, 0.29) is 0 Å². The zero-order valence-electron chi connectivity index (χ0n) is 13.3. The summed E-state index contributed by atoms with van der Waals surface area (Å²) in [6, 6.07) is 0.583. The Morgan fingerprint density at radius 3 is 2.86 bits per heavy atom. The molecule has 0 aliphatic carbocycles. The quantitative estimate of drug-likeness (QED) is 0.663. The van der Waals surface area contributed by atoms with Crippen LogP contribution in [-0.2, 0) is 0 Å². The topological polar surface area (TPSA) is 61.0 Å².